The Morgan fingerprint density at radius 3 is 1.77 bits per heavy atom. The van der Waals surface area contributed by atoms with Gasteiger partial charge >= 0.3 is 0 Å². The van der Waals surface area contributed by atoms with Crippen molar-refractivity contribution in [3.63, 3.8) is 0 Å². The maximum atomic E-state index is 12.4. The number of ketones is 1. The zero-order valence-corrected chi connectivity index (χ0v) is 12.8. The summed E-state index contributed by atoms with van der Waals surface area (Å²) < 4.78 is 0. The van der Waals surface area contributed by atoms with E-state index >= 15 is 0 Å². The standard InChI is InChI=1S/C20H15ClO/c21-19-12-10-18(11-13-19)20(22)17-8-6-16(7-9-17)14-15-4-2-1-3-5-15/h1-13H,14H2. The predicted octanol–water partition coefficient (Wildman–Crippen LogP) is 5.16. The lowest BCUT2D eigenvalue weighted by Gasteiger charge is -2.05. The van der Waals surface area contributed by atoms with Gasteiger partial charge in [0.15, 0.2) is 5.78 Å². The number of hydrogen-bond acceptors (Lipinski definition) is 1. The second kappa shape index (κ2) is 6.59. The van der Waals surface area contributed by atoms with Crippen molar-refractivity contribution in [1.82, 2.24) is 0 Å². The predicted molar refractivity (Wildman–Crippen MR) is 90.6 cm³/mol. The van der Waals surface area contributed by atoms with Gasteiger partial charge < -0.3 is 0 Å². The summed E-state index contributed by atoms with van der Waals surface area (Å²) in [7, 11) is 0. The Labute approximate surface area is 135 Å². The summed E-state index contributed by atoms with van der Waals surface area (Å²) in [5.41, 5.74) is 3.80. The molecule has 0 aliphatic heterocycles. The number of carbonyl (C=O) groups excluding carboxylic acids is 1. The molecular formula is C20H15ClO. The van der Waals surface area contributed by atoms with E-state index in [1.807, 2.05) is 42.5 Å². The van der Waals surface area contributed by atoms with Crippen LogP contribution in [0.5, 0.6) is 0 Å². The first-order chi connectivity index (χ1) is 10.7. The minimum absolute atomic E-state index is 0.0166. The van der Waals surface area contributed by atoms with Crippen LogP contribution < -0.4 is 0 Å². The lowest BCUT2D eigenvalue weighted by Crippen LogP contribution is -2.01. The maximum absolute atomic E-state index is 12.4. The van der Waals surface area contributed by atoms with Gasteiger partial charge in [0.1, 0.15) is 0 Å². The highest BCUT2D eigenvalue weighted by molar-refractivity contribution is 6.30. The van der Waals surface area contributed by atoms with E-state index in [4.69, 9.17) is 11.6 Å². The molecule has 0 aliphatic carbocycles. The van der Waals surface area contributed by atoms with E-state index in [2.05, 4.69) is 12.1 Å². The van der Waals surface area contributed by atoms with Crippen LogP contribution in [-0.2, 0) is 6.42 Å². The summed E-state index contributed by atoms with van der Waals surface area (Å²) in [5.74, 6) is 0.0166. The maximum Gasteiger partial charge on any atom is 0.193 e. The molecule has 0 saturated carbocycles. The molecule has 2 heteroatoms. The molecule has 108 valence electrons. The smallest absolute Gasteiger partial charge is 0.193 e. The van der Waals surface area contributed by atoms with Crippen LogP contribution in [0.25, 0.3) is 0 Å². The number of rotatable bonds is 4. The Kier molecular flexibility index (Phi) is 4.36. The zero-order valence-electron chi connectivity index (χ0n) is 12.0. The molecule has 22 heavy (non-hydrogen) atoms. The van der Waals surface area contributed by atoms with Crippen LogP contribution >= 0.6 is 11.6 Å². The van der Waals surface area contributed by atoms with E-state index in [-0.39, 0.29) is 5.78 Å². The lowest BCUT2D eigenvalue weighted by molar-refractivity contribution is 0.103. The quantitative estimate of drug-likeness (QED) is 0.608. The van der Waals surface area contributed by atoms with Gasteiger partial charge in [-0.2, -0.15) is 0 Å². The molecule has 3 aromatic carbocycles. The summed E-state index contributed by atoms with van der Waals surface area (Å²) in [4.78, 5) is 12.4. The van der Waals surface area contributed by atoms with Gasteiger partial charge in [0, 0.05) is 16.1 Å². The minimum Gasteiger partial charge on any atom is -0.289 e. The number of hydrogen-bond donors (Lipinski definition) is 0. The summed E-state index contributed by atoms with van der Waals surface area (Å²) in [5, 5.41) is 0.634. The Morgan fingerprint density at radius 2 is 1.18 bits per heavy atom. The molecule has 0 heterocycles. The average molecular weight is 307 g/mol. The molecular weight excluding hydrogens is 292 g/mol. The van der Waals surface area contributed by atoms with Crippen LogP contribution in [0.1, 0.15) is 27.0 Å². The third kappa shape index (κ3) is 3.44. The van der Waals surface area contributed by atoms with Crippen LogP contribution in [0.15, 0.2) is 78.9 Å². The van der Waals surface area contributed by atoms with E-state index in [0.717, 1.165) is 6.42 Å². The highest BCUT2D eigenvalue weighted by Gasteiger charge is 2.08. The van der Waals surface area contributed by atoms with Gasteiger partial charge in [0.05, 0.1) is 0 Å². The molecule has 0 radical (unpaired) electrons. The van der Waals surface area contributed by atoms with Crippen molar-refractivity contribution in [2.24, 2.45) is 0 Å². The van der Waals surface area contributed by atoms with Gasteiger partial charge in [-0.25, -0.2) is 0 Å². The Bertz CT molecular complexity index is 759. The highest BCUT2D eigenvalue weighted by Crippen LogP contribution is 2.16. The van der Waals surface area contributed by atoms with Crippen molar-refractivity contribution in [3.8, 4) is 0 Å². The molecule has 0 amide bonds. The van der Waals surface area contributed by atoms with Crippen molar-refractivity contribution >= 4 is 17.4 Å². The van der Waals surface area contributed by atoms with Crippen LogP contribution in [-0.4, -0.2) is 5.78 Å². The molecule has 3 aromatic rings. The largest absolute Gasteiger partial charge is 0.289 e. The fraction of sp³-hybridized carbons (Fsp3) is 0.0500. The molecule has 1 nitrogen and oxygen atoms in total. The van der Waals surface area contributed by atoms with Gasteiger partial charge in [0.2, 0.25) is 0 Å². The van der Waals surface area contributed by atoms with Crippen LogP contribution in [0.3, 0.4) is 0 Å². The van der Waals surface area contributed by atoms with Crippen molar-refractivity contribution in [2.45, 2.75) is 6.42 Å². The van der Waals surface area contributed by atoms with Gasteiger partial charge in [0.25, 0.3) is 0 Å². The van der Waals surface area contributed by atoms with E-state index in [0.29, 0.717) is 16.1 Å². The van der Waals surface area contributed by atoms with Crippen LogP contribution in [0, 0.1) is 0 Å². The number of benzene rings is 3. The molecule has 0 fully saturated rings. The zero-order chi connectivity index (χ0) is 15.4. The summed E-state index contributed by atoms with van der Waals surface area (Å²) >= 11 is 5.85. The van der Waals surface area contributed by atoms with Crippen molar-refractivity contribution in [2.75, 3.05) is 0 Å². The van der Waals surface area contributed by atoms with Crippen LogP contribution in [0.2, 0.25) is 5.02 Å². The fourth-order valence-corrected chi connectivity index (χ4v) is 2.50. The SMILES string of the molecule is O=C(c1ccc(Cl)cc1)c1ccc(Cc2ccccc2)cc1. The summed E-state index contributed by atoms with van der Waals surface area (Å²) in [6.07, 6.45) is 0.871. The molecule has 3 rings (SSSR count). The third-order valence-corrected chi connectivity index (χ3v) is 3.83. The molecule has 0 spiro atoms. The normalized spacial score (nSPS) is 10.4. The minimum atomic E-state index is 0.0166. The number of halogens is 1. The highest BCUT2D eigenvalue weighted by atomic mass is 35.5. The molecule has 0 atom stereocenters. The molecule has 0 saturated heterocycles. The average Bonchev–Trinajstić information content (AvgIpc) is 2.57. The van der Waals surface area contributed by atoms with Crippen molar-refractivity contribution < 1.29 is 4.79 Å². The first-order valence-electron chi connectivity index (χ1n) is 7.15. The van der Waals surface area contributed by atoms with Crippen LogP contribution in [0.4, 0.5) is 0 Å². The molecule has 0 N–H and O–H groups in total. The molecule has 0 aliphatic rings. The monoisotopic (exact) mass is 306 g/mol. The van der Waals surface area contributed by atoms with Crippen molar-refractivity contribution in [3.05, 3.63) is 106 Å². The Balaban J connectivity index is 1.76. The van der Waals surface area contributed by atoms with Gasteiger partial charge in [-0.05, 0) is 41.8 Å². The van der Waals surface area contributed by atoms with E-state index in [1.54, 1.807) is 24.3 Å². The number of carbonyl (C=O) groups is 1. The Morgan fingerprint density at radius 1 is 0.682 bits per heavy atom. The van der Waals surface area contributed by atoms with E-state index < -0.39 is 0 Å². The fourth-order valence-electron chi connectivity index (χ4n) is 2.37. The Hall–Kier alpha value is -2.38. The lowest BCUT2D eigenvalue weighted by atomic mass is 9.99. The molecule has 0 bridgehead atoms. The van der Waals surface area contributed by atoms with Gasteiger partial charge in [-0.15, -0.1) is 0 Å². The molecule has 0 aromatic heterocycles. The molecule has 0 unspecified atom stereocenters. The second-order valence-electron chi connectivity index (χ2n) is 5.20. The third-order valence-electron chi connectivity index (χ3n) is 3.57. The van der Waals surface area contributed by atoms with Gasteiger partial charge in [-0.1, -0.05) is 66.2 Å². The van der Waals surface area contributed by atoms with Gasteiger partial charge in [-0.3, -0.25) is 4.79 Å². The topological polar surface area (TPSA) is 17.1 Å². The van der Waals surface area contributed by atoms with E-state index in [1.165, 1.54) is 11.1 Å². The first kappa shape index (κ1) is 14.6. The van der Waals surface area contributed by atoms with E-state index in [9.17, 15) is 4.79 Å². The summed E-state index contributed by atoms with van der Waals surface area (Å²) in [6, 6.07) is 25.1. The van der Waals surface area contributed by atoms with Crippen molar-refractivity contribution in [1.29, 1.82) is 0 Å². The first-order valence-corrected chi connectivity index (χ1v) is 7.53. The second-order valence-corrected chi connectivity index (χ2v) is 5.63. The summed E-state index contributed by atoms with van der Waals surface area (Å²) in [6.45, 7) is 0.